The molecule has 0 radical (unpaired) electrons. The van der Waals surface area contributed by atoms with Crippen molar-refractivity contribution in [3.8, 4) is 17.2 Å². The molecule has 41 heavy (non-hydrogen) atoms. The average molecular weight is 577 g/mol. The molecule has 2 amide bonds. The summed E-state index contributed by atoms with van der Waals surface area (Å²) in [5.41, 5.74) is 0.373. The van der Waals surface area contributed by atoms with Gasteiger partial charge in [0.2, 0.25) is 5.91 Å². The first-order chi connectivity index (χ1) is 19.5. The van der Waals surface area contributed by atoms with Gasteiger partial charge in [0, 0.05) is 17.4 Å². The van der Waals surface area contributed by atoms with Gasteiger partial charge in [-0.25, -0.2) is 0 Å². The monoisotopic (exact) mass is 576 g/mol. The number of benzene rings is 3. The molecule has 3 N–H and O–H groups in total. The first-order valence-electron chi connectivity index (χ1n) is 14.0. The van der Waals surface area contributed by atoms with Crippen LogP contribution in [-0.2, 0) is 16.0 Å². The van der Waals surface area contributed by atoms with Gasteiger partial charge in [-0.05, 0) is 72.9 Å². The van der Waals surface area contributed by atoms with E-state index in [4.69, 9.17) is 16.3 Å². The Bertz CT molecular complexity index is 1360. The Morgan fingerprint density at radius 3 is 2.17 bits per heavy atom. The van der Waals surface area contributed by atoms with E-state index in [1.54, 1.807) is 36.4 Å². The van der Waals surface area contributed by atoms with E-state index in [-0.39, 0.29) is 28.9 Å². The number of rotatable bonds is 10. The molecular formula is C33H37ClN2O5. The molecule has 0 heterocycles. The van der Waals surface area contributed by atoms with E-state index in [2.05, 4.69) is 10.6 Å². The highest BCUT2D eigenvalue weighted by atomic mass is 35.5. The van der Waals surface area contributed by atoms with Crippen molar-refractivity contribution in [2.24, 2.45) is 11.3 Å². The van der Waals surface area contributed by atoms with E-state index < -0.39 is 29.3 Å². The Morgan fingerprint density at radius 1 is 0.927 bits per heavy atom. The minimum atomic E-state index is -0.986. The van der Waals surface area contributed by atoms with Crippen molar-refractivity contribution in [1.82, 2.24) is 10.6 Å². The van der Waals surface area contributed by atoms with Crippen LogP contribution in [0.15, 0.2) is 72.8 Å². The van der Waals surface area contributed by atoms with E-state index in [9.17, 15) is 19.5 Å². The van der Waals surface area contributed by atoms with Crippen molar-refractivity contribution < 1.29 is 24.2 Å². The summed E-state index contributed by atoms with van der Waals surface area (Å²) in [6.45, 7) is 5.56. The quantitative estimate of drug-likeness (QED) is 0.256. The van der Waals surface area contributed by atoms with Gasteiger partial charge in [0.05, 0.1) is 11.1 Å². The number of hydrogen-bond acceptors (Lipinski definition) is 5. The van der Waals surface area contributed by atoms with Crippen LogP contribution in [0.25, 0.3) is 0 Å². The lowest BCUT2D eigenvalue weighted by atomic mass is 9.80. The largest absolute Gasteiger partial charge is 0.506 e. The summed E-state index contributed by atoms with van der Waals surface area (Å²) in [6, 6.07) is 19.0. The smallest absolute Gasteiger partial charge is 0.251 e. The number of ether oxygens (including phenoxy) is 1. The highest BCUT2D eigenvalue weighted by Crippen LogP contribution is 2.32. The Labute approximate surface area is 246 Å². The maximum absolute atomic E-state index is 13.7. The normalized spacial score (nSPS) is 15.1. The third-order valence-corrected chi connectivity index (χ3v) is 7.66. The predicted molar refractivity (Wildman–Crippen MR) is 159 cm³/mol. The van der Waals surface area contributed by atoms with Gasteiger partial charge in [-0.1, -0.05) is 69.5 Å². The third kappa shape index (κ3) is 8.10. The maximum atomic E-state index is 13.7. The minimum Gasteiger partial charge on any atom is -0.506 e. The van der Waals surface area contributed by atoms with Crippen molar-refractivity contribution in [2.45, 2.75) is 65.0 Å². The van der Waals surface area contributed by atoms with Crippen LogP contribution in [0.1, 0.15) is 62.4 Å². The van der Waals surface area contributed by atoms with Crippen LogP contribution >= 0.6 is 11.6 Å². The van der Waals surface area contributed by atoms with E-state index in [0.29, 0.717) is 22.6 Å². The average Bonchev–Trinajstić information content (AvgIpc) is 3.48. The van der Waals surface area contributed by atoms with Crippen molar-refractivity contribution >= 4 is 29.2 Å². The molecule has 1 aliphatic rings. The van der Waals surface area contributed by atoms with Crippen LogP contribution < -0.4 is 15.4 Å². The van der Waals surface area contributed by atoms with Gasteiger partial charge in [-0.2, -0.15) is 0 Å². The van der Waals surface area contributed by atoms with Crippen LogP contribution in [0.4, 0.5) is 0 Å². The van der Waals surface area contributed by atoms with Crippen LogP contribution in [0.5, 0.6) is 17.2 Å². The second kappa shape index (κ2) is 13.2. The number of ketones is 1. The standard InChI is InChI=1S/C33H37ClN2O5/c1-33(2,3)30(38)29(22-9-7-8-10-22)36-32(40)27(20-21-13-18-28(37)26(34)19-21)35-31(39)23-14-16-25(17-15-23)41-24-11-5-4-6-12-24/h4-6,11-19,22,27,29,37H,7-10,20H2,1-3H3,(H,35,39)(H,36,40)/t27-,29-/m0/s1. The number of phenols is 1. The molecular weight excluding hydrogens is 540 g/mol. The van der Waals surface area contributed by atoms with E-state index in [1.807, 2.05) is 51.1 Å². The summed E-state index contributed by atoms with van der Waals surface area (Å²) >= 11 is 6.12. The SMILES string of the molecule is CC(C)(C)C(=O)[C@@H](NC(=O)[C@H](Cc1ccc(O)c(Cl)c1)NC(=O)c1ccc(Oc2ccccc2)cc1)C1CCCC1. The number of carbonyl (C=O) groups excluding carboxylic acids is 3. The summed E-state index contributed by atoms with van der Waals surface area (Å²) in [5, 5.41) is 15.8. The second-order valence-corrected chi connectivity index (χ2v) is 12.0. The summed E-state index contributed by atoms with van der Waals surface area (Å²) in [7, 11) is 0. The summed E-state index contributed by atoms with van der Waals surface area (Å²) in [6.07, 6.45) is 3.90. The van der Waals surface area contributed by atoms with Crippen molar-refractivity contribution in [2.75, 3.05) is 0 Å². The summed E-state index contributed by atoms with van der Waals surface area (Å²) in [4.78, 5) is 40.5. The lowest BCUT2D eigenvalue weighted by Crippen LogP contribution is -2.56. The van der Waals surface area contributed by atoms with Gasteiger partial charge < -0.3 is 20.5 Å². The van der Waals surface area contributed by atoms with E-state index >= 15 is 0 Å². The zero-order chi connectivity index (χ0) is 29.6. The van der Waals surface area contributed by atoms with Gasteiger partial charge in [-0.15, -0.1) is 0 Å². The van der Waals surface area contributed by atoms with Crippen molar-refractivity contribution in [3.63, 3.8) is 0 Å². The lowest BCUT2D eigenvalue weighted by molar-refractivity contribution is -0.134. The molecule has 2 atom stereocenters. The Kier molecular flexibility index (Phi) is 9.71. The maximum Gasteiger partial charge on any atom is 0.251 e. The topological polar surface area (TPSA) is 105 Å². The number of halogens is 1. The molecule has 4 rings (SSSR count). The molecule has 1 saturated carbocycles. The van der Waals surface area contributed by atoms with Crippen molar-refractivity contribution in [1.29, 1.82) is 0 Å². The van der Waals surface area contributed by atoms with Crippen LogP contribution in [0.3, 0.4) is 0 Å². The number of para-hydroxylation sites is 1. The number of phenolic OH excluding ortho intramolecular Hbond substituents is 1. The zero-order valence-corrected chi connectivity index (χ0v) is 24.4. The molecule has 0 saturated heterocycles. The summed E-state index contributed by atoms with van der Waals surface area (Å²) < 4.78 is 5.81. The summed E-state index contributed by atoms with van der Waals surface area (Å²) in [5.74, 6) is 0.320. The van der Waals surface area contributed by atoms with Gasteiger partial charge in [-0.3, -0.25) is 14.4 Å². The van der Waals surface area contributed by atoms with Crippen molar-refractivity contribution in [3.05, 3.63) is 88.9 Å². The first-order valence-corrected chi connectivity index (χ1v) is 14.3. The van der Waals surface area contributed by atoms with Gasteiger partial charge in [0.25, 0.3) is 5.91 Å². The fraction of sp³-hybridized carbons (Fsp3) is 0.364. The number of amides is 2. The molecule has 216 valence electrons. The third-order valence-electron chi connectivity index (χ3n) is 7.36. The Hall–Kier alpha value is -3.84. The molecule has 0 aromatic heterocycles. The number of nitrogens with one attached hydrogen (secondary N) is 2. The zero-order valence-electron chi connectivity index (χ0n) is 23.7. The Balaban J connectivity index is 1.54. The van der Waals surface area contributed by atoms with Gasteiger partial charge >= 0.3 is 0 Å². The lowest BCUT2D eigenvalue weighted by Gasteiger charge is -2.31. The number of carbonyl (C=O) groups is 3. The fourth-order valence-electron chi connectivity index (χ4n) is 5.07. The fourth-order valence-corrected chi connectivity index (χ4v) is 5.27. The minimum absolute atomic E-state index is 0.0236. The molecule has 8 heteroatoms. The predicted octanol–water partition coefficient (Wildman–Crippen LogP) is 6.47. The molecule has 3 aromatic rings. The van der Waals surface area contributed by atoms with Crippen LogP contribution in [0.2, 0.25) is 5.02 Å². The molecule has 3 aromatic carbocycles. The number of aromatic hydroxyl groups is 1. The molecule has 0 bridgehead atoms. The molecule has 0 aliphatic heterocycles. The van der Waals surface area contributed by atoms with Crippen LogP contribution in [0, 0.1) is 11.3 Å². The Morgan fingerprint density at radius 2 is 1.56 bits per heavy atom. The number of hydrogen-bond donors (Lipinski definition) is 3. The molecule has 7 nitrogen and oxygen atoms in total. The van der Waals surface area contributed by atoms with Gasteiger partial charge in [0.1, 0.15) is 23.3 Å². The molecule has 0 unspecified atom stereocenters. The molecule has 1 fully saturated rings. The highest BCUT2D eigenvalue weighted by molar-refractivity contribution is 6.32. The first kappa shape index (κ1) is 30.1. The van der Waals surface area contributed by atoms with Gasteiger partial charge in [0.15, 0.2) is 5.78 Å². The molecule has 0 spiro atoms. The second-order valence-electron chi connectivity index (χ2n) is 11.6. The number of Topliss-reactive ketones (excluding diaryl/α,β-unsaturated/α-hetero) is 1. The van der Waals surface area contributed by atoms with E-state index in [1.165, 1.54) is 6.07 Å². The highest BCUT2D eigenvalue weighted by Gasteiger charge is 2.38. The van der Waals surface area contributed by atoms with E-state index in [0.717, 1.165) is 25.7 Å². The molecule has 1 aliphatic carbocycles. The van der Waals surface area contributed by atoms with Crippen LogP contribution in [-0.4, -0.2) is 34.8 Å².